The molecule has 0 aliphatic heterocycles. The monoisotopic (exact) mass is 171 g/mol. The molecule has 0 rings (SSSR count). The maximum Gasteiger partial charge on any atom is 0.401 e. The number of hydrogen-bond donors (Lipinski definition) is 2. The second kappa shape index (κ2) is 4.56. The molecular formula is C6H12F3NO. The Morgan fingerprint density at radius 2 is 2.00 bits per heavy atom. The van der Waals surface area contributed by atoms with Gasteiger partial charge in [-0.3, -0.25) is 0 Å². The van der Waals surface area contributed by atoms with Crippen LogP contribution in [0, 0.1) is 0 Å². The summed E-state index contributed by atoms with van der Waals surface area (Å²) in [5.74, 6) is 0. The van der Waals surface area contributed by atoms with Crippen molar-refractivity contribution in [2.24, 2.45) is 0 Å². The minimum Gasteiger partial charge on any atom is -0.395 e. The van der Waals surface area contributed by atoms with Crippen LogP contribution in [0.2, 0.25) is 0 Å². The highest BCUT2D eigenvalue weighted by Crippen LogP contribution is 2.12. The lowest BCUT2D eigenvalue weighted by Gasteiger charge is -2.14. The number of hydrogen-bond acceptors (Lipinski definition) is 2. The first-order chi connectivity index (χ1) is 4.99. The molecule has 11 heavy (non-hydrogen) atoms. The van der Waals surface area contributed by atoms with Gasteiger partial charge in [0.15, 0.2) is 0 Å². The van der Waals surface area contributed by atoms with Gasteiger partial charge in [-0.15, -0.1) is 0 Å². The summed E-state index contributed by atoms with van der Waals surface area (Å²) in [6.07, 6.45) is -3.70. The summed E-state index contributed by atoms with van der Waals surface area (Å²) in [7, 11) is 0. The van der Waals surface area contributed by atoms with E-state index in [1.807, 2.05) is 0 Å². The zero-order valence-electron chi connectivity index (χ0n) is 6.28. The molecule has 0 saturated heterocycles. The highest BCUT2D eigenvalue weighted by Gasteiger charge is 2.27. The Morgan fingerprint density at radius 1 is 1.45 bits per heavy atom. The van der Waals surface area contributed by atoms with Crippen molar-refractivity contribution in [3.63, 3.8) is 0 Å². The van der Waals surface area contributed by atoms with Crippen molar-refractivity contribution in [1.82, 2.24) is 5.32 Å². The van der Waals surface area contributed by atoms with E-state index >= 15 is 0 Å². The van der Waals surface area contributed by atoms with Crippen LogP contribution < -0.4 is 5.32 Å². The normalized spacial score (nSPS) is 15.0. The zero-order chi connectivity index (χ0) is 8.91. The summed E-state index contributed by atoms with van der Waals surface area (Å²) in [6.45, 7) is 0.420. The smallest absolute Gasteiger partial charge is 0.395 e. The van der Waals surface area contributed by atoms with Gasteiger partial charge in [-0.25, -0.2) is 0 Å². The Hall–Kier alpha value is -0.290. The molecule has 0 amide bonds. The van der Waals surface area contributed by atoms with Crippen LogP contribution in [-0.4, -0.2) is 30.5 Å². The Balaban J connectivity index is 3.51. The van der Waals surface area contributed by atoms with Gasteiger partial charge in [0.05, 0.1) is 13.2 Å². The van der Waals surface area contributed by atoms with Crippen LogP contribution in [-0.2, 0) is 0 Å². The van der Waals surface area contributed by atoms with Crippen LogP contribution in [0.5, 0.6) is 0 Å². The first-order valence-electron chi connectivity index (χ1n) is 3.40. The van der Waals surface area contributed by atoms with E-state index in [0.717, 1.165) is 0 Å². The second-order valence-electron chi connectivity index (χ2n) is 2.28. The van der Waals surface area contributed by atoms with Crippen LogP contribution in [0.15, 0.2) is 0 Å². The van der Waals surface area contributed by atoms with Crippen molar-refractivity contribution in [1.29, 1.82) is 0 Å². The zero-order valence-corrected chi connectivity index (χ0v) is 6.28. The number of rotatable bonds is 4. The molecule has 0 aliphatic rings. The van der Waals surface area contributed by atoms with Gasteiger partial charge >= 0.3 is 6.18 Å². The lowest BCUT2D eigenvalue weighted by Crippen LogP contribution is -2.38. The Bertz CT molecular complexity index is 100. The molecule has 0 saturated carbocycles. The van der Waals surface area contributed by atoms with Gasteiger partial charge in [0.1, 0.15) is 0 Å². The third kappa shape index (κ3) is 6.12. The molecule has 1 atom stereocenters. The summed E-state index contributed by atoms with van der Waals surface area (Å²) >= 11 is 0. The van der Waals surface area contributed by atoms with Crippen molar-refractivity contribution < 1.29 is 18.3 Å². The predicted molar refractivity (Wildman–Crippen MR) is 35.2 cm³/mol. The minimum atomic E-state index is -4.19. The number of aliphatic hydroxyl groups is 1. The molecular weight excluding hydrogens is 159 g/mol. The molecule has 0 aromatic rings. The highest BCUT2D eigenvalue weighted by atomic mass is 19.4. The van der Waals surface area contributed by atoms with Crippen molar-refractivity contribution in [2.75, 3.05) is 13.2 Å². The molecule has 0 aliphatic carbocycles. The van der Waals surface area contributed by atoms with E-state index in [1.54, 1.807) is 6.92 Å². The van der Waals surface area contributed by atoms with Crippen molar-refractivity contribution in [2.45, 2.75) is 25.6 Å². The van der Waals surface area contributed by atoms with Crippen LogP contribution in [0.25, 0.3) is 0 Å². The van der Waals surface area contributed by atoms with Gasteiger partial charge in [0.25, 0.3) is 0 Å². The van der Waals surface area contributed by atoms with E-state index < -0.39 is 18.8 Å². The van der Waals surface area contributed by atoms with Crippen LogP contribution in [0.4, 0.5) is 13.2 Å². The molecule has 68 valence electrons. The van der Waals surface area contributed by atoms with E-state index in [4.69, 9.17) is 5.11 Å². The first kappa shape index (κ1) is 10.7. The summed E-state index contributed by atoms with van der Waals surface area (Å²) in [5.41, 5.74) is 0. The third-order valence-electron chi connectivity index (χ3n) is 1.30. The molecule has 0 aromatic heterocycles. The van der Waals surface area contributed by atoms with Crippen molar-refractivity contribution >= 4 is 0 Å². The lowest BCUT2D eigenvalue weighted by atomic mass is 10.2. The van der Waals surface area contributed by atoms with Crippen LogP contribution in [0.1, 0.15) is 13.3 Å². The van der Waals surface area contributed by atoms with Crippen molar-refractivity contribution in [3.8, 4) is 0 Å². The van der Waals surface area contributed by atoms with Gasteiger partial charge in [-0.2, -0.15) is 13.2 Å². The fraction of sp³-hybridized carbons (Fsp3) is 1.00. The summed E-state index contributed by atoms with van der Waals surface area (Å²) in [6, 6.07) is -0.448. The molecule has 0 aromatic carbocycles. The molecule has 0 spiro atoms. The summed E-state index contributed by atoms with van der Waals surface area (Å²) in [4.78, 5) is 0. The largest absolute Gasteiger partial charge is 0.401 e. The first-order valence-corrected chi connectivity index (χ1v) is 3.40. The van der Waals surface area contributed by atoms with E-state index in [0.29, 0.717) is 6.42 Å². The van der Waals surface area contributed by atoms with E-state index in [2.05, 4.69) is 5.32 Å². The fourth-order valence-electron chi connectivity index (χ4n) is 0.598. The molecule has 2 N–H and O–H groups in total. The SMILES string of the molecule is CC[C@H](CO)NCC(F)(F)F. The van der Waals surface area contributed by atoms with E-state index in [-0.39, 0.29) is 6.61 Å². The van der Waals surface area contributed by atoms with Crippen LogP contribution in [0.3, 0.4) is 0 Å². The number of nitrogens with one attached hydrogen (secondary N) is 1. The molecule has 5 heteroatoms. The average molecular weight is 171 g/mol. The number of alkyl halides is 3. The maximum atomic E-state index is 11.5. The number of aliphatic hydroxyl groups excluding tert-OH is 1. The Labute approximate surface area is 63.4 Å². The average Bonchev–Trinajstić information content (AvgIpc) is 1.88. The summed E-state index contributed by atoms with van der Waals surface area (Å²) < 4.78 is 34.6. The Morgan fingerprint density at radius 3 is 2.27 bits per heavy atom. The fourth-order valence-corrected chi connectivity index (χ4v) is 0.598. The highest BCUT2D eigenvalue weighted by molar-refractivity contribution is 4.65. The maximum absolute atomic E-state index is 11.5. The predicted octanol–water partition coefficient (Wildman–Crippen LogP) is 0.909. The van der Waals surface area contributed by atoms with Gasteiger partial charge in [-0.1, -0.05) is 6.92 Å². The quantitative estimate of drug-likeness (QED) is 0.659. The third-order valence-corrected chi connectivity index (χ3v) is 1.30. The standard InChI is InChI=1S/C6H12F3NO/c1-2-5(3-11)10-4-6(7,8)9/h5,10-11H,2-4H2,1H3/t5-/m1/s1. The Kier molecular flexibility index (Phi) is 4.44. The lowest BCUT2D eigenvalue weighted by molar-refractivity contribution is -0.126. The summed E-state index contributed by atoms with van der Waals surface area (Å²) in [5, 5.41) is 10.7. The van der Waals surface area contributed by atoms with Gasteiger partial charge in [-0.05, 0) is 6.42 Å². The van der Waals surface area contributed by atoms with Gasteiger partial charge in [0, 0.05) is 6.04 Å². The van der Waals surface area contributed by atoms with Gasteiger partial charge in [0.2, 0.25) is 0 Å². The molecule has 0 heterocycles. The molecule has 0 fully saturated rings. The molecule has 2 nitrogen and oxygen atoms in total. The minimum absolute atomic E-state index is 0.257. The van der Waals surface area contributed by atoms with E-state index in [9.17, 15) is 13.2 Å². The molecule has 0 unspecified atom stereocenters. The van der Waals surface area contributed by atoms with Crippen LogP contribution >= 0.6 is 0 Å². The van der Waals surface area contributed by atoms with Crippen molar-refractivity contribution in [3.05, 3.63) is 0 Å². The number of halogens is 3. The molecule has 0 bridgehead atoms. The topological polar surface area (TPSA) is 32.3 Å². The van der Waals surface area contributed by atoms with Gasteiger partial charge < -0.3 is 10.4 Å². The van der Waals surface area contributed by atoms with E-state index in [1.165, 1.54) is 0 Å². The second-order valence-corrected chi connectivity index (χ2v) is 2.28. The molecule has 0 radical (unpaired) electrons.